The van der Waals surface area contributed by atoms with Gasteiger partial charge in [0.15, 0.2) is 0 Å². The second-order valence-corrected chi connectivity index (χ2v) is 6.39. The second kappa shape index (κ2) is 8.21. The fourth-order valence-electron chi connectivity index (χ4n) is 2.35. The average Bonchev–Trinajstić information content (AvgIpc) is 3.04. The molecule has 0 saturated heterocycles. The number of nitrogens with one attached hydrogen (secondary N) is 2. The molecule has 0 radical (unpaired) electrons. The van der Waals surface area contributed by atoms with Crippen molar-refractivity contribution in [1.82, 2.24) is 14.8 Å². The Morgan fingerprint density at radius 3 is 2.04 bits per heavy atom. The van der Waals surface area contributed by atoms with Crippen molar-refractivity contribution >= 4 is 41.0 Å². The third-order valence-electron chi connectivity index (χ3n) is 3.70. The molecule has 26 heavy (non-hydrogen) atoms. The van der Waals surface area contributed by atoms with Gasteiger partial charge in [-0.1, -0.05) is 59.6 Å². The van der Waals surface area contributed by atoms with Gasteiger partial charge in [-0.2, -0.15) is 9.67 Å². The fourth-order valence-corrected chi connectivity index (χ4v) is 2.76. The molecule has 0 fully saturated rings. The molecule has 0 amide bonds. The minimum absolute atomic E-state index is 0.245. The van der Waals surface area contributed by atoms with E-state index in [2.05, 4.69) is 20.7 Å². The fraction of sp³-hybridized carbons (Fsp3) is 0.167. The van der Waals surface area contributed by atoms with Crippen LogP contribution in [0.3, 0.4) is 0 Å². The maximum absolute atomic E-state index is 11.8. The second-order valence-electron chi connectivity index (χ2n) is 5.58. The van der Waals surface area contributed by atoms with Crippen LogP contribution in [0.1, 0.15) is 22.8 Å². The first-order chi connectivity index (χ1) is 12.5. The lowest BCUT2D eigenvalue weighted by atomic mass is 10.2. The molecular formula is C18H17Cl2N5O. The van der Waals surface area contributed by atoms with Crippen LogP contribution in [0.25, 0.3) is 0 Å². The molecule has 0 atom stereocenters. The summed E-state index contributed by atoms with van der Waals surface area (Å²) in [6, 6.07) is 15.0. The molecule has 1 aromatic heterocycles. The Labute approximate surface area is 161 Å². The first-order valence-corrected chi connectivity index (χ1v) is 8.72. The van der Waals surface area contributed by atoms with E-state index in [9.17, 15) is 4.79 Å². The summed E-state index contributed by atoms with van der Waals surface area (Å²) in [7, 11) is 0. The Morgan fingerprint density at radius 1 is 0.962 bits per heavy atom. The van der Waals surface area contributed by atoms with Crippen LogP contribution in [0.2, 0.25) is 10.0 Å². The highest BCUT2D eigenvalue weighted by Crippen LogP contribution is 2.19. The van der Waals surface area contributed by atoms with E-state index >= 15 is 0 Å². The zero-order valence-electron chi connectivity index (χ0n) is 14.0. The number of aromatic nitrogens is 3. The standard InChI is InChI=1S/C18H17Cl2N5O/c1-12(26)25-18(22-11-14-7-3-5-9-16(14)20)23-17(24-25)21-10-13-6-2-4-8-15(13)19/h2-9H,10-11H2,1H3,(H2,21,22,23,24). The minimum Gasteiger partial charge on any atom is -0.350 e. The van der Waals surface area contributed by atoms with E-state index < -0.39 is 0 Å². The number of carbonyl (C=O) groups is 1. The number of benzene rings is 2. The summed E-state index contributed by atoms with van der Waals surface area (Å²) in [4.78, 5) is 16.2. The molecule has 1 heterocycles. The Bertz CT molecular complexity index is 925. The van der Waals surface area contributed by atoms with Gasteiger partial charge in [-0.3, -0.25) is 4.79 Å². The van der Waals surface area contributed by atoms with Crippen molar-refractivity contribution in [1.29, 1.82) is 0 Å². The molecule has 2 aromatic carbocycles. The molecule has 134 valence electrons. The normalized spacial score (nSPS) is 10.6. The summed E-state index contributed by atoms with van der Waals surface area (Å²) in [5.41, 5.74) is 1.82. The summed E-state index contributed by atoms with van der Waals surface area (Å²) in [6.45, 7) is 2.30. The van der Waals surface area contributed by atoms with Crippen LogP contribution in [0.15, 0.2) is 48.5 Å². The van der Waals surface area contributed by atoms with Gasteiger partial charge in [-0.05, 0) is 23.3 Å². The lowest BCUT2D eigenvalue weighted by molar-refractivity contribution is 0.0924. The topological polar surface area (TPSA) is 71.8 Å². The number of rotatable bonds is 6. The van der Waals surface area contributed by atoms with Crippen molar-refractivity contribution in [2.45, 2.75) is 20.0 Å². The van der Waals surface area contributed by atoms with E-state index in [1.807, 2.05) is 48.5 Å². The van der Waals surface area contributed by atoms with Crippen LogP contribution in [-0.4, -0.2) is 20.7 Å². The number of halogens is 2. The van der Waals surface area contributed by atoms with E-state index in [0.29, 0.717) is 35.0 Å². The number of anilines is 2. The van der Waals surface area contributed by atoms with Crippen molar-refractivity contribution in [3.8, 4) is 0 Å². The van der Waals surface area contributed by atoms with Crippen LogP contribution < -0.4 is 10.6 Å². The maximum atomic E-state index is 11.8. The zero-order chi connectivity index (χ0) is 18.5. The smallest absolute Gasteiger partial charge is 0.247 e. The third-order valence-corrected chi connectivity index (χ3v) is 4.43. The van der Waals surface area contributed by atoms with Crippen molar-refractivity contribution in [2.24, 2.45) is 0 Å². The molecule has 0 saturated carbocycles. The molecule has 0 aliphatic carbocycles. The summed E-state index contributed by atoms with van der Waals surface area (Å²) >= 11 is 12.3. The molecule has 0 unspecified atom stereocenters. The van der Waals surface area contributed by atoms with E-state index in [1.165, 1.54) is 11.6 Å². The summed E-state index contributed by atoms with van der Waals surface area (Å²) in [6.07, 6.45) is 0. The molecular weight excluding hydrogens is 373 g/mol. The van der Waals surface area contributed by atoms with Crippen LogP contribution in [0.4, 0.5) is 11.9 Å². The van der Waals surface area contributed by atoms with E-state index in [0.717, 1.165) is 11.1 Å². The van der Waals surface area contributed by atoms with Crippen LogP contribution in [0, 0.1) is 0 Å². The van der Waals surface area contributed by atoms with Crippen molar-refractivity contribution in [3.63, 3.8) is 0 Å². The van der Waals surface area contributed by atoms with Gasteiger partial charge in [0.1, 0.15) is 0 Å². The predicted octanol–water partition coefficient (Wildman–Crippen LogP) is 4.47. The maximum Gasteiger partial charge on any atom is 0.247 e. The summed E-state index contributed by atoms with van der Waals surface area (Å²) < 4.78 is 1.21. The van der Waals surface area contributed by atoms with Gasteiger partial charge in [-0.25, -0.2) is 0 Å². The summed E-state index contributed by atoms with van der Waals surface area (Å²) in [5.74, 6) is 0.436. The lowest BCUT2D eigenvalue weighted by Gasteiger charge is -2.06. The van der Waals surface area contributed by atoms with Crippen LogP contribution in [-0.2, 0) is 13.1 Å². The Morgan fingerprint density at radius 2 is 1.50 bits per heavy atom. The van der Waals surface area contributed by atoms with Gasteiger partial charge < -0.3 is 10.6 Å². The van der Waals surface area contributed by atoms with Gasteiger partial charge in [-0.15, -0.1) is 5.10 Å². The monoisotopic (exact) mass is 389 g/mol. The number of hydrogen-bond acceptors (Lipinski definition) is 5. The molecule has 3 aromatic rings. The average molecular weight is 390 g/mol. The van der Waals surface area contributed by atoms with Gasteiger partial charge in [0, 0.05) is 30.1 Å². The third kappa shape index (κ3) is 4.33. The molecule has 3 rings (SSSR count). The molecule has 0 aliphatic heterocycles. The highest BCUT2D eigenvalue weighted by Gasteiger charge is 2.13. The Kier molecular flexibility index (Phi) is 5.75. The number of carbonyl (C=O) groups excluding carboxylic acids is 1. The van der Waals surface area contributed by atoms with Gasteiger partial charge >= 0.3 is 0 Å². The van der Waals surface area contributed by atoms with E-state index in [1.54, 1.807) is 0 Å². The highest BCUT2D eigenvalue weighted by atomic mass is 35.5. The Balaban J connectivity index is 1.73. The predicted molar refractivity (Wildman–Crippen MR) is 104 cm³/mol. The zero-order valence-corrected chi connectivity index (χ0v) is 15.6. The highest BCUT2D eigenvalue weighted by molar-refractivity contribution is 6.31. The Hall–Kier alpha value is -2.57. The molecule has 0 bridgehead atoms. The molecule has 0 spiro atoms. The van der Waals surface area contributed by atoms with Gasteiger partial charge in [0.25, 0.3) is 0 Å². The van der Waals surface area contributed by atoms with E-state index in [4.69, 9.17) is 23.2 Å². The molecule has 0 aliphatic rings. The lowest BCUT2D eigenvalue weighted by Crippen LogP contribution is -2.13. The van der Waals surface area contributed by atoms with Gasteiger partial charge in [0.05, 0.1) is 0 Å². The van der Waals surface area contributed by atoms with Crippen LogP contribution >= 0.6 is 23.2 Å². The SMILES string of the molecule is CC(=O)n1nc(NCc2ccccc2Cl)nc1NCc1ccccc1Cl. The largest absolute Gasteiger partial charge is 0.350 e. The van der Waals surface area contributed by atoms with E-state index in [-0.39, 0.29) is 5.91 Å². The quantitative estimate of drug-likeness (QED) is 0.650. The summed E-state index contributed by atoms with van der Waals surface area (Å²) in [5, 5.41) is 11.7. The minimum atomic E-state index is -0.245. The first-order valence-electron chi connectivity index (χ1n) is 7.97. The van der Waals surface area contributed by atoms with Crippen molar-refractivity contribution < 1.29 is 4.79 Å². The van der Waals surface area contributed by atoms with Gasteiger partial charge in [0.2, 0.25) is 17.8 Å². The molecule has 8 heteroatoms. The van der Waals surface area contributed by atoms with Crippen molar-refractivity contribution in [2.75, 3.05) is 10.6 Å². The first kappa shape index (κ1) is 18.2. The number of nitrogens with zero attached hydrogens (tertiary/aromatic N) is 3. The molecule has 2 N–H and O–H groups in total. The van der Waals surface area contributed by atoms with Crippen molar-refractivity contribution in [3.05, 3.63) is 69.7 Å². The van der Waals surface area contributed by atoms with Crippen LogP contribution in [0.5, 0.6) is 0 Å². The number of hydrogen-bond donors (Lipinski definition) is 2. The molecule has 6 nitrogen and oxygen atoms in total.